The van der Waals surface area contributed by atoms with Gasteiger partial charge >= 0.3 is 5.97 Å². The lowest BCUT2D eigenvalue weighted by atomic mass is 9.49. The predicted molar refractivity (Wildman–Crippen MR) is 75.3 cm³/mol. The Labute approximate surface area is 120 Å². The van der Waals surface area contributed by atoms with E-state index >= 15 is 0 Å². The molecule has 2 saturated heterocycles. The number of fused-ring (bicyclic) bond motifs is 1. The molecule has 20 heavy (non-hydrogen) atoms. The number of carboxylic acids is 1. The molecule has 1 N–H and O–H groups in total. The molecule has 3 heteroatoms. The van der Waals surface area contributed by atoms with E-state index in [0.717, 1.165) is 43.7 Å². The zero-order chi connectivity index (χ0) is 13.5. The molecule has 0 aromatic rings. The van der Waals surface area contributed by atoms with E-state index in [0.29, 0.717) is 11.3 Å². The SMILES string of the molecule is O=C(O)C12CC(CN1CC13CC4CC(CC(C4)C1)C3)C2. The van der Waals surface area contributed by atoms with Gasteiger partial charge in [-0.1, -0.05) is 0 Å². The zero-order valence-electron chi connectivity index (χ0n) is 12.2. The lowest BCUT2D eigenvalue weighted by molar-refractivity contribution is -0.155. The van der Waals surface area contributed by atoms with Gasteiger partial charge in [-0.3, -0.25) is 9.69 Å². The van der Waals surface area contributed by atoms with Gasteiger partial charge in [0, 0.05) is 13.1 Å². The van der Waals surface area contributed by atoms with Gasteiger partial charge in [0.2, 0.25) is 0 Å². The molecule has 0 spiro atoms. The van der Waals surface area contributed by atoms with E-state index in [1.54, 1.807) is 0 Å². The van der Waals surface area contributed by atoms with Crippen molar-refractivity contribution in [1.29, 1.82) is 0 Å². The van der Waals surface area contributed by atoms with Crippen molar-refractivity contribution >= 4 is 5.97 Å². The average Bonchev–Trinajstić information content (AvgIpc) is 2.79. The fourth-order valence-electron chi connectivity index (χ4n) is 7.18. The molecule has 110 valence electrons. The molecule has 3 nitrogen and oxygen atoms in total. The molecule has 6 bridgehead atoms. The number of carboxylic acid groups (broad SMARTS) is 1. The van der Waals surface area contributed by atoms with Crippen LogP contribution in [0.25, 0.3) is 0 Å². The highest BCUT2D eigenvalue weighted by Crippen LogP contribution is 2.62. The van der Waals surface area contributed by atoms with Crippen LogP contribution in [0.2, 0.25) is 0 Å². The van der Waals surface area contributed by atoms with Gasteiger partial charge in [-0.25, -0.2) is 0 Å². The maximum absolute atomic E-state index is 11.7. The number of hydrogen-bond acceptors (Lipinski definition) is 2. The summed E-state index contributed by atoms with van der Waals surface area (Å²) in [5.41, 5.74) is 0.0443. The lowest BCUT2D eigenvalue weighted by Crippen LogP contribution is -2.58. The van der Waals surface area contributed by atoms with E-state index < -0.39 is 11.5 Å². The number of rotatable bonds is 3. The van der Waals surface area contributed by atoms with Gasteiger partial charge in [0.25, 0.3) is 0 Å². The Morgan fingerprint density at radius 2 is 1.50 bits per heavy atom. The van der Waals surface area contributed by atoms with Crippen LogP contribution < -0.4 is 0 Å². The van der Waals surface area contributed by atoms with Gasteiger partial charge < -0.3 is 5.11 Å². The van der Waals surface area contributed by atoms with Crippen LogP contribution in [0.4, 0.5) is 0 Å². The number of hydrogen-bond donors (Lipinski definition) is 1. The minimum absolute atomic E-state index is 0.450. The van der Waals surface area contributed by atoms with Crippen molar-refractivity contribution in [2.24, 2.45) is 29.1 Å². The summed E-state index contributed by atoms with van der Waals surface area (Å²) in [5.74, 6) is 3.05. The van der Waals surface area contributed by atoms with Gasteiger partial charge in [0.05, 0.1) is 0 Å². The first-order chi connectivity index (χ1) is 9.57. The second-order valence-corrected chi connectivity index (χ2v) is 8.91. The third kappa shape index (κ3) is 1.43. The lowest BCUT2D eigenvalue weighted by Gasteiger charge is -2.58. The molecular weight excluding hydrogens is 250 g/mol. The summed E-state index contributed by atoms with van der Waals surface area (Å²) in [4.78, 5) is 14.1. The molecule has 7 aliphatic rings. The van der Waals surface area contributed by atoms with Crippen LogP contribution in [0.1, 0.15) is 51.4 Å². The van der Waals surface area contributed by atoms with Crippen LogP contribution in [0.15, 0.2) is 0 Å². The van der Waals surface area contributed by atoms with Crippen LogP contribution >= 0.6 is 0 Å². The summed E-state index contributed by atoms with van der Waals surface area (Å²) in [7, 11) is 0. The molecule has 0 unspecified atom stereocenters. The van der Waals surface area contributed by atoms with Crippen LogP contribution in [0, 0.1) is 29.1 Å². The summed E-state index contributed by atoms with van der Waals surface area (Å²) in [6, 6.07) is 0. The molecule has 0 aromatic carbocycles. The first-order valence-corrected chi connectivity index (χ1v) is 8.55. The Balaban J connectivity index is 1.40. The van der Waals surface area contributed by atoms with Gasteiger partial charge in [-0.2, -0.15) is 0 Å². The van der Waals surface area contributed by atoms with Gasteiger partial charge in [-0.15, -0.1) is 0 Å². The molecule has 7 fully saturated rings. The molecule has 2 aliphatic heterocycles. The van der Waals surface area contributed by atoms with Crippen LogP contribution in [-0.4, -0.2) is 34.6 Å². The van der Waals surface area contributed by atoms with Crippen molar-refractivity contribution in [2.75, 3.05) is 13.1 Å². The summed E-state index contributed by atoms with van der Waals surface area (Å²) >= 11 is 0. The summed E-state index contributed by atoms with van der Waals surface area (Å²) < 4.78 is 0. The largest absolute Gasteiger partial charge is 0.480 e. The molecule has 0 aromatic heterocycles. The van der Waals surface area contributed by atoms with Crippen molar-refractivity contribution in [3.8, 4) is 0 Å². The van der Waals surface area contributed by atoms with Crippen molar-refractivity contribution < 1.29 is 9.90 Å². The van der Waals surface area contributed by atoms with Gasteiger partial charge in [-0.05, 0) is 80.5 Å². The maximum Gasteiger partial charge on any atom is 0.324 e. The molecule has 5 saturated carbocycles. The van der Waals surface area contributed by atoms with Crippen LogP contribution in [0.5, 0.6) is 0 Å². The van der Waals surface area contributed by atoms with Crippen molar-refractivity contribution in [3.63, 3.8) is 0 Å². The van der Waals surface area contributed by atoms with E-state index in [1.165, 1.54) is 38.5 Å². The molecular formula is C17H25NO2. The Morgan fingerprint density at radius 3 is 2.00 bits per heavy atom. The van der Waals surface area contributed by atoms with Crippen molar-refractivity contribution in [1.82, 2.24) is 4.90 Å². The quantitative estimate of drug-likeness (QED) is 0.861. The standard InChI is InChI=1S/C17H25NO2/c19-15(20)17-7-14(8-17)9-18(17)10-16-4-11-1-12(5-16)3-13(2-11)6-16/h11-14H,1-10H2,(H,19,20). The number of carbonyl (C=O) groups is 1. The average molecular weight is 275 g/mol. The van der Waals surface area contributed by atoms with Crippen LogP contribution in [-0.2, 0) is 4.79 Å². The first-order valence-electron chi connectivity index (χ1n) is 8.55. The Hall–Kier alpha value is -0.570. The van der Waals surface area contributed by atoms with Crippen LogP contribution in [0.3, 0.4) is 0 Å². The van der Waals surface area contributed by atoms with E-state index in [2.05, 4.69) is 4.90 Å². The normalized spacial score (nSPS) is 56.0. The third-order valence-corrected chi connectivity index (χ3v) is 7.43. The zero-order valence-corrected chi connectivity index (χ0v) is 12.2. The number of nitrogens with zero attached hydrogens (tertiary/aromatic N) is 1. The van der Waals surface area contributed by atoms with E-state index in [1.807, 2.05) is 0 Å². The molecule has 7 rings (SSSR count). The Bertz CT molecular complexity index is 430. The fraction of sp³-hybridized carbons (Fsp3) is 0.941. The first kappa shape index (κ1) is 12.0. The molecule has 2 heterocycles. The molecule has 0 atom stereocenters. The van der Waals surface area contributed by atoms with E-state index in [9.17, 15) is 9.90 Å². The summed E-state index contributed by atoms with van der Waals surface area (Å²) in [6.07, 6.45) is 10.5. The highest BCUT2D eigenvalue weighted by molar-refractivity contribution is 5.81. The molecule has 5 aliphatic carbocycles. The van der Waals surface area contributed by atoms with Crippen molar-refractivity contribution in [3.05, 3.63) is 0 Å². The highest BCUT2D eigenvalue weighted by atomic mass is 16.4. The third-order valence-electron chi connectivity index (χ3n) is 7.43. The number of aliphatic carboxylic acids is 1. The van der Waals surface area contributed by atoms with Crippen molar-refractivity contribution in [2.45, 2.75) is 56.9 Å². The highest BCUT2D eigenvalue weighted by Gasteiger charge is 2.63. The summed E-state index contributed by atoms with van der Waals surface area (Å²) in [5, 5.41) is 9.65. The Kier molecular flexibility index (Phi) is 2.16. The molecule has 0 radical (unpaired) electrons. The predicted octanol–water partition coefficient (Wildman–Crippen LogP) is 2.75. The smallest absolute Gasteiger partial charge is 0.324 e. The van der Waals surface area contributed by atoms with E-state index in [-0.39, 0.29) is 0 Å². The monoisotopic (exact) mass is 275 g/mol. The molecule has 0 amide bonds. The summed E-state index contributed by atoms with van der Waals surface area (Å²) in [6.45, 7) is 2.16. The van der Waals surface area contributed by atoms with Gasteiger partial charge in [0.1, 0.15) is 5.54 Å². The topological polar surface area (TPSA) is 40.5 Å². The van der Waals surface area contributed by atoms with Gasteiger partial charge in [0.15, 0.2) is 0 Å². The minimum atomic E-state index is -0.545. The minimum Gasteiger partial charge on any atom is -0.480 e. The Morgan fingerprint density at radius 1 is 0.950 bits per heavy atom. The maximum atomic E-state index is 11.7. The second-order valence-electron chi connectivity index (χ2n) is 8.91. The van der Waals surface area contributed by atoms with E-state index in [4.69, 9.17) is 0 Å². The second kappa shape index (κ2) is 3.60. The fourth-order valence-corrected chi connectivity index (χ4v) is 7.18.